The van der Waals surface area contributed by atoms with Crippen molar-refractivity contribution in [1.82, 2.24) is 14.6 Å². The van der Waals surface area contributed by atoms with Gasteiger partial charge in [0.05, 0.1) is 15.9 Å². The number of rotatable bonds is 2. The Kier molecular flexibility index (Phi) is 2.79. The van der Waals surface area contributed by atoms with E-state index in [-0.39, 0.29) is 5.56 Å². The van der Waals surface area contributed by atoms with Gasteiger partial charge < -0.3 is 4.74 Å². The first kappa shape index (κ1) is 10.6. The summed E-state index contributed by atoms with van der Waals surface area (Å²) < 4.78 is 7.36. The van der Waals surface area contributed by atoms with Crippen LogP contribution < -0.4 is 5.56 Å². The molecule has 0 radical (unpaired) electrons. The molecule has 15 heavy (non-hydrogen) atoms. The minimum atomic E-state index is -0.113. The van der Waals surface area contributed by atoms with Gasteiger partial charge in [0, 0.05) is 18.9 Å². The van der Waals surface area contributed by atoms with E-state index in [0.29, 0.717) is 17.9 Å². The third-order valence-corrected chi connectivity index (χ3v) is 3.36. The molecule has 0 spiro atoms. The van der Waals surface area contributed by atoms with Crippen molar-refractivity contribution in [2.45, 2.75) is 13.5 Å². The summed E-state index contributed by atoms with van der Waals surface area (Å²) in [6.07, 6.45) is 0. The maximum absolute atomic E-state index is 11.7. The summed E-state index contributed by atoms with van der Waals surface area (Å²) >= 11 is 2.17. The van der Waals surface area contributed by atoms with E-state index >= 15 is 0 Å². The van der Waals surface area contributed by atoms with Crippen molar-refractivity contribution in [2.75, 3.05) is 7.11 Å². The largest absolute Gasteiger partial charge is 0.378 e. The Morgan fingerprint density at radius 3 is 3.07 bits per heavy atom. The number of fused-ring (bicyclic) bond motifs is 1. The van der Waals surface area contributed by atoms with Crippen molar-refractivity contribution in [2.24, 2.45) is 0 Å². The maximum atomic E-state index is 11.7. The van der Waals surface area contributed by atoms with Gasteiger partial charge in [-0.3, -0.25) is 9.89 Å². The van der Waals surface area contributed by atoms with Crippen molar-refractivity contribution in [3.63, 3.8) is 0 Å². The van der Waals surface area contributed by atoms with Crippen LogP contribution in [-0.2, 0) is 11.3 Å². The molecule has 2 aromatic rings. The number of hydrogen-bond acceptors (Lipinski definition) is 3. The van der Waals surface area contributed by atoms with Crippen LogP contribution in [0.5, 0.6) is 0 Å². The van der Waals surface area contributed by atoms with Crippen LogP contribution in [-0.4, -0.2) is 21.7 Å². The smallest absolute Gasteiger partial charge is 0.273 e. The van der Waals surface area contributed by atoms with Crippen molar-refractivity contribution in [3.05, 3.63) is 31.4 Å². The van der Waals surface area contributed by atoms with Crippen molar-refractivity contribution < 1.29 is 4.74 Å². The number of nitrogens with zero attached hydrogens (tertiary/aromatic N) is 2. The van der Waals surface area contributed by atoms with E-state index in [1.165, 1.54) is 10.6 Å². The highest BCUT2D eigenvalue weighted by atomic mass is 127. The van der Waals surface area contributed by atoms with Crippen LogP contribution in [0.3, 0.4) is 0 Å². The topological polar surface area (TPSA) is 59.4 Å². The van der Waals surface area contributed by atoms with Gasteiger partial charge in [0.25, 0.3) is 5.56 Å². The summed E-state index contributed by atoms with van der Waals surface area (Å²) in [4.78, 5) is 16.0. The van der Waals surface area contributed by atoms with Crippen molar-refractivity contribution in [1.29, 1.82) is 0 Å². The molecule has 2 aromatic heterocycles. The van der Waals surface area contributed by atoms with Crippen LogP contribution >= 0.6 is 22.6 Å². The van der Waals surface area contributed by atoms with Gasteiger partial charge in [0.15, 0.2) is 5.65 Å². The van der Waals surface area contributed by atoms with E-state index in [2.05, 4.69) is 32.7 Å². The van der Waals surface area contributed by atoms with Crippen LogP contribution in [0.2, 0.25) is 0 Å². The highest BCUT2D eigenvalue weighted by Crippen LogP contribution is 2.14. The van der Waals surface area contributed by atoms with Gasteiger partial charge in [0.2, 0.25) is 0 Å². The molecule has 0 bridgehead atoms. The zero-order valence-corrected chi connectivity index (χ0v) is 10.5. The average Bonchev–Trinajstić information content (AvgIpc) is 2.46. The number of H-pyrrole nitrogens is 1. The van der Waals surface area contributed by atoms with Crippen molar-refractivity contribution in [3.8, 4) is 0 Å². The number of aryl methyl sites for hydroxylation is 1. The number of methoxy groups -OCH3 is 1. The van der Waals surface area contributed by atoms with E-state index in [1.807, 2.05) is 6.92 Å². The Morgan fingerprint density at radius 1 is 1.67 bits per heavy atom. The van der Waals surface area contributed by atoms with Gasteiger partial charge in [-0.2, -0.15) is 0 Å². The number of ether oxygens (including phenoxy) is 1. The Hall–Kier alpha value is -0.890. The van der Waals surface area contributed by atoms with E-state index in [1.54, 1.807) is 7.11 Å². The van der Waals surface area contributed by atoms with Crippen LogP contribution in [0.4, 0.5) is 0 Å². The molecule has 2 heterocycles. The van der Waals surface area contributed by atoms with Gasteiger partial charge in [-0.15, -0.1) is 0 Å². The van der Waals surface area contributed by atoms with E-state index in [0.717, 1.165) is 9.26 Å². The fraction of sp³-hybridized carbons (Fsp3) is 0.333. The van der Waals surface area contributed by atoms with Gasteiger partial charge in [-0.05, 0) is 29.5 Å². The first-order valence-electron chi connectivity index (χ1n) is 4.39. The lowest BCUT2D eigenvalue weighted by molar-refractivity contribution is 0.181. The Bertz CT molecular complexity index is 558. The molecule has 0 unspecified atom stereocenters. The standard InChI is InChI=1S/C9H10IN3O2/c1-5-8(10)9-11-6(4-15-2)3-7(14)13(9)12-5/h3,12H,4H2,1-2H3. The van der Waals surface area contributed by atoms with Gasteiger partial charge in [-0.1, -0.05) is 0 Å². The Morgan fingerprint density at radius 2 is 2.40 bits per heavy atom. The number of hydrogen-bond donors (Lipinski definition) is 1. The lowest BCUT2D eigenvalue weighted by Gasteiger charge is -1.98. The lowest BCUT2D eigenvalue weighted by Crippen LogP contribution is -2.15. The number of halogens is 1. The zero-order valence-electron chi connectivity index (χ0n) is 8.37. The molecule has 0 aliphatic carbocycles. The number of nitrogens with one attached hydrogen (secondary N) is 1. The number of aromatic amines is 1. The minimum absolute atomic E-state index is 0.113. The lowest BCUT2D eigenvalue weighted by atomic mass is 10.4. The quantitative estimate of drug-likeness (QED) is 0.843. The second-order valence-corrected chi connectivity index (χ2v) is 4.31. The molecule has 0 aliphatic heterocycles. The maximum Gasteiger partial charge on any atom is 0.273 e. The summed E-state index contributed by atoms with van der Waals surface area (Å²) in [5.74, 6) is 0. The summed E-state index contributed by atoms with van der Waals surface area (Å²) in [5, 5.41) is 2.96. The predicted molar refractivity (Wildman–Crippen MR) is 64.0 cm³/mol. The molecule has 0 fully saturated rings. The predicted octanol–water partition coefficient (Wildman–Crippen LogP) is 1.08. The third-order valence-electron chi connectivity index (χ3n) is 2.07. The van der Waals surface area contributed by atoms with Crippen LogP contribution in [0.1, 0.15) is 11.4 Å². The van der Waals surface area contributed by atoms with E-state index in [4.69, 9.17) is 4.74 Å². The van der Waals surface area contributed by atoms with Crippen molar-refractivity contribution >= 4 is 28.2 Å². The molecule has 0 saturated heterocycles. The molecule has 2 rings (SSSR count). The molecule has 6 heteroatoms. The molecular formula is C9H10IN3O2. The van der Waals surface area contributed by atoms with Gasteiger partial charge in [0.1, 0.15) is 0 Å². The Balaban J connectivity index is 2.74. The normalized spacial score (nSPS) is 11.1. The second kappa shape index (κ2) is 3.93. The molecule has 80 valence electrons. The van der Waals surface area contributed by atoms with Crippen LogP contribution in [0, 0.1) is 10.5 Å². The average molecular weight is 319 g/mol. The molecule has 0 amide bonds. The summed E-state index contributed by atoms with van der Waals surface area (Å²) in [7, 11) is 1.58. The molecule has 0 aliphatic rings. The first-order chi connectivity index (χ1) is 7.13. The summed E-state index contributed by atoms with van der Waals surface area (Å²) in [6, 6.07) is 1.47. The minimum Gasteiger partial charge on any atom is -0.378 e. The first-order valence-corrected chi connectivity index (χ1v) is 5.47. The molecule has 0 aromatic carbocycles. The molecule has 5 nitrogen and oxygen atoms in total. The van der Waals surface area contributed by atoms with E-state index in [9.17, 15) is 4.79 Å². The highest BCUT2D eigenvalue weighted by Gasteiger charge is 2.09. The highest BCUT2D eigenvalue weighted by molar-refractivity contribution is 14.1. The van der Waals surface area contributed by atoms with Gasteiger partial charge >= 0.3 is 0 Å². The Labute approximate surface area is 99.6 Å². The molecule has 1 N–H and O–H groups in total. The fourth-order valence-corrected chi connectivity index (χ4v) is 1.87. The second-order valence-electron chi connectivity index (χ2n) is 3.23. The summed E-state index contributed by atoms with van der Waals surface area (Å²) in [5.41, 5.74) is 2.14. The summed E-state index contributed by atoms with van der Waals surface area (Å²) in [6.45, 7) is 2.26. The molecular weight excluding hydrogens is 309 g/mol. The van der Waals surface area contributed by atoms with E-state index < -0.39 is 0 Å². The molecule has 0 atom stereocenters. The molecule has 0 saturated carbocycles. The third kappa shape index (κ3) is 1.78. The monoisotopic (exact) mass is 319 g/mol. The van der Waals surface area contributed by atoms with Crippen LogP contribution in [0.15, 0.2) is 10.9 Å². The van der Waals surface area contributed by atoms with Gasteiger partial charge in [-0.25, -0.2) is 9.50 Å². The van der Waals surface area contributed by atoms with Crippen LogP contribution in [0.25, 0.3) is 5.65 Å². The SMILES string of the molecule is COCc1cc(=O)n2[nH]c(C)c(I)c2n1. The fourth-order valence-electron chi connectivity index (χ4n) is 1.39. The number of aromatic nitrogens is 3. The zero-order chi connectivity index (χ0) is 11.0.